The van der Waals surface area contributed by atoms with Crippen LogP contribution in [-0.4, -0.2) is 17.4 Å². The van der Waals surface area contributed by atoms with E-state index in [0.717, 1.165) is 32.5 Å². The lowest BCUT2D eigenvalue weighted by atomic mass is 9.73. The number of carbonyl (C=O) groups is 1. The lowest BCUT2D eigenvalue weighted by molar-refractivity contribution is -0.131. The van der Waals surface area contributed by atoms with Crippen molar-refractivity contribution in [2.45, 2.75) is 45.2 Å². The van der Waals surface area contributed by atoms with Gasteiger partial charge >= 0.3 is 5.97 Å². The number of nitrogens with zero attached hydrogens (tertiary/aromatic N) is 1. The van der Waals surface area contributed by atoms with Crippen LogP contribution in [0.1, 0.15) is 42.5 Å². The molecule has 0 bridgehead atoms. The zero-order valence-corrected chi connectivity index (χ0v) is 17.8. The predicted octanol–water partition coefficient (Wildman–Crippen LogP) is 5.52. The van der Waals surface area contributed by atoms with Crippen LogP contribution in [0.3, 0.4) is 0 Å². The zero-order valence-electron chi connectivity index (χ0n) is 17.8. The van der Waals surface area contributed by atoms with Gasteiger partial charge in [0.2, 0.25) is 0 Å². The van der Waals surface area contributed by atoms with Gasteiger partial charge < -0.3 is 4.74 Å². The van der Waals surface area contributed by atoms with Crippen molar-refractivity contribution in [1.29, 1.82) is 0 Å². The van der Waals surface area contributed by atoms with E-state index in [-0.39, 0.29) is 11.4 Å². The first kappa shape index (κ1) is 20.4. The second-order valence-corrected chi connectivity index (χ2v) is 8.59. The number of hydrogen-bond acceptors (Lipinski definition) is 3. The van der Waals surface area contributed by atoms with Crippen LogP contribution in [0.2, 0.25) is 0 Å². The third-order valence-corrected chi connectivity index (χ3v) is 6.03. The monoisotopic (exact) mass is 399 g/mol. The topological polar surface area (TPSA) is 29.5 Å². The van der Waals surface area contributed by atoms with E-state index >= 15 is 0 Å². The number of rotatable bonds is 6. The molecule has 0 amide bonds. The van der Waals surface area contributed by atoms with Gasteiger partial charge in [0.15, 0.2) is 0 Å². The summed E-state index contributed by atoms with van der Waals surface area (Å²) in [4.78, 5) is 13.7. The first-order chi connectivity index (χ1) is 14.5. The summed E-state index contributed by atoms with van der Waals surface area (Å²) in [5, 5.41) is 0. The fourth-order valence-corrected chi connectivity index (χ4v) is 4.60. The molecule has 4 rings (SSSR count). The van der Waals surface area contributed by atoms with E-state index in [4.69, 9.17) is 4.74 Å². The van der Waals surface area contributed by atoms with Gasteiger partial charge in [-0.2, -0.15) is 0 Å². The Morgan fingerprint density at radius 3 is 2.37 bits per heavy atom. The number of aryl methyl sites for hydroxylation is 1. The standard InChI is InChI=1S/C27H29NO2/c1-21(29)30-25-14-12-22(13-15-25)16-17-27(2)20-28(18-23-8-4-3-5-9-23)19-24-10-6-7-11-26(24)27/h3-15H,16-20H2,1-2H3/t27-/m0/s1. The van der Waals surface area contributed by atoms with E-state index in [1.807, 2.05) is 12.1 Å². The fourth-order valence-electron chi connectivity index (χ4n) is 4.60. The maximum Gasteiger partial charge on any atom is 0.308 e. The number of fused-ring (bicyclic) bond motifs is 1. The van der Waals surface area contributed by atoms with Crippen molar-refractivity contribution in [2.24, 2.45) is 0 Å². The summed E-state index contributed by atoms with van der Waals surface area (Å²) in [5.41, 5.74) is 5.64. The van der Waals surface area contributed by atoms with Crippen molar-refractivity contribution in [2.75, 3.05) is 6.54 Å². The highest BCUT2D eigenvalue weighted by molar-refractivity contribution is 5.69. The molecule has 0 fully saturated rings. The van der Waals surface area contributed by atoms with Crippen molar-refractivity contribution in [3.63, 3.8) is 0 Å². The molecule has 1 heterocycles. The lowest BCUT2D eigenvalue weighted by Crippen LogP contribution is -2.43. The Morgan fingerprint density at radius 2 is 1.63 bits per heavy atom. The van der Waals surface area contributed by atoms with Gasteiger partial charge in [-0.25, -0.2) is 0 Å². The van der Waals surface area contributed by atoms with E-state index in [1.165, 1.54) is 29.2 Å². The van der Waals surface area contributed by atoms with Gasteiger partial charge in [-0.05, 0) is 47.2 Å². The second kappa shape index (κ2) is 8.85. The van der Waals surface area contributed by atoms with Crippen LogP contribution in [0.25, 0.3) is 0 Å². The van der Waals surface area contributed by atoms with Crippen molar-refractivity contribution >= 4 is 5.97 Å². The summed E-state index contributed by atoms with van der Waals surface area (Å²) in [6.07, 6.45) is 2.06. The van der Waals surface area contributed by atoms with Crippen LogP contribution in [-0.2, 0) is 29.7 Å². The van der Waals surface area contributed by atoms with Gasteiger partial charge in [0.25, 0.3) is 0 Å². The molecule has 1 aliphatic rings. The molecule has 0 saturated carbocycles. The molecular weight excluding hydrogens is 370 g/mol. The van der Waals surface area contributed by atoms with E-state index in [2.05, 4.69) is 78.6 Å². The Hall–Kier alpha value is -2.91. The Kier molecular flexibility index (Phi) is 6.01. The summed E-state index contributed by atoms with van der Waals surface area (Å²) >= 11 is 0. The molecule has 3 nitrogen and oxygen atoms in total. The molecule has 154 valence electrons. The molecule has 3 heteroatoms. The van der Waals surface area contributed by atoms with E-state index < -0.39 is 0 Å². The summed E-state index contributed by atoms with van der Waals surface area (Å²) in [6, 6.07) is 27.5. The molecule has 0 saturated heterocycles. The summed E-state index contributed by atoms with van der Waals surface area (Å²) in [7, 11) is 0. The minimum Gasteiger partial charge on any atom is -0.427 e. The zero-order chi connectivity index (χ0) is 21.0. The van der Waals surface area contributed by atoms with Gasteiger partial charge in [-0.15, -0.1) is 0 Å². The average Bonchev–Trinajstić information content (AvgIpc) is 2.74. The van der Waals surface area contributed by atoms with Gasteiger partial charge in [-0.3, -0.25) is 9.69 Å². The summed E-state index contributed by atoms with van der Waals surface area (Å²) in [6.45, 7) is 6.84. The Balaban J connectivity index is 1.50. The number of ether oxygens (including phenoxy) is 1. The number of esters is 1. The largest absolute Gasteiger partial charge is 0.427 e. The molecular formula is C27H29NO2. The highest BCUT2D eigenvalue weighted by atomic mass is 16.5. The number of hydrogen-bond donors (Lipinski definition) is 0. The first-order valence-corrected chi connectivity index (χ1v) is 10.6. The van der Waals surface area contributed by atoms with Crippen LogP contribution in [0.15, 0.2) is 78.9 Å². The molecule has 3 aromatic carbocycles. The highest BCUT2D eigenvalue weighted by Gasteiger charge is 2.35. The van der Waals surface area contributed by atoms with Gasteiger partial charge in [-0.1, -0.05) is 73.7 Å². The number of benzene rings is 3. The van der Waals surface area contributed by atoms with Crippen molar-refractivity contribution in [3.05, 3.63) is 101 Å². The Labute approximate surface area is 179 Å². The SMILES string of the molecule is CC(=O)Oc1ccc(CC[C@@]2(C)CN(Cc3ccccc3)Cc3ccccc32)cc1. The second-order valence-electron chi connectivity index (χ2n) is 8.59. The molecule has 3 aromatic rings. The molecule has 0 aromatic heterocycles. The molecule has 0 spiro atoms. The van der Waals surface area contributed by atoms with E-state index in [1.54, 1.807) is 0 Å². The van der Waals surface area contributed by atoms with E-state index in [9.17, 15) is 4.79 Å². The fraction of sp³-hybridized carbons (Fsp3) is 0.296. The third-order valence-electron chi connectivity index (χ3n) is 6.03. The summed E-state index contributed by atoms with van der Waals surface area (Å²) < 4.78 is 5.16. The number of carbonyl (C=O) groups excluding carboxylic acids is 1. The van der Waals surface area contributed by atoms with E-state index in [0.29, 0.717) is 5.75 Å². The van der Waals surface area contributed by atoms with Crippen LogP contribution in [0, 0.1) is 0 Å². The van der Waals surface area contributed by atoms with Gasteiger partial charge in [0.05, 0.1) is 0 Å². The molecule has 0 radical (unpaired) electrons. The highest BCUT2D eigenvalue weighted by Crippen LogP contribution is 2.37. The molecule has 30 heavy (non-hydrogen) atoms. The normalized spacial score (nSPS) is 18.6. The molecule has 0 N–H and O–H groups in total. The molecule has 1 atom stereocenters. The smallest absolute Gasteiger partial charge is 0.308 e. The lowest BCUT2D eigenvalue weighted by Gasteiger charge is -2.42. The third kappa shape index (κ3) is 4.80. The average molecular weight is 400 g/mol. The first-order valence-electron chi connectivity index (χ1n) is 10.6. The van der Waals surface area contributed by atoms with Crippen LogP contribution in [0.5, 0.6) is 5.75 Å². The summed E-state index contributed by atoms with van der Waals surface area (Å²) in [5.74, 6) is 0.321. The van der Waals surface area contributed by atoms with Gasteiger partial charge in [0.1, 0.15) is 5.75 Å². The molecule has 0 unspecified atom stereocenters. The Morgan fingerprint density at radius 1 is 0.933 bits per heavy atom. The molecule has 0 aliphatic carbocycles. The predicted molar refractivity (Wildman–Crippen MR) is 120 cm³/mol. The van der Waals surface area contributed by atoms with Crippen molar-refractivity contribution in [3.8, 4) is 5.75 Å². The quantitative estimate of drug-likeness (QED) is 0.404. The van der Waals surface area contributed by atoms with Crippen LogP contribution in [0.4, 0.5) is 0 Å². The van der Waals surface area contributed by atoms with Crippen molar-refractivity contribution < 1.29 is 9.53 Å². The molecule has 1 aliphatic heterocycles. The Bertz CT molecular complexity index is 997. The maximum atomic E-state index is 11.1. The minimum atomic E-state index is -0.285. The van der Waals surface area contributed by atoms with Crippen LogP contribution < -0.4 is 4.74 Å². The van der Waals surface area contributed by atoms with Crippen molar-refractivity contribution in [1.82, 2.24) is 4.90 Å². The minimum absolute atomic E-state index is 0.0954. The van der Waals surface area contributed by atoms with Crippen LogP contribution >= 0.6 is 0 Å². The van der Waals surface area contributed by atoms with Gasteiger partial charge in [0, 0.05) is 32.0 Å². The maximum absolute atomic E-state index is 11.1.